The highest BCUT2D eigenvalue weighted by Gasteiger charge is 2.23. The quantitative estimate of drug-likeness (QED) is 0.447. The molecule has 0 aliphatic carbocycles. The summed E-state index contributed by atoms with van der Waals surface area (Å²) in [7, 11) is 0. The molecule has 4 rings (SSSR count). The number of carbonyl (C=O) groups is 1. The standard InChI is InChI=1S/C20H21BrFN7O3/c1-2-31-18(30)12-29-26-19(25-27-29)13-10-23-20(24-11-13)28-7-5-15(6-8-28)32-17-9-14(21)3-4-16(17)22/h3-4,9-11,15H,2,5-8,12H2,1H3. The van der Waals surface area contributed by atoms with E-state index in [4.69, 9.17) is 9.47 Å². The van der Waals surface area contributed by atoms with E-state index in [1.165, 1.54) is 10.9 Å². The van der Waals surface area contributed by atoms with Crippen molar-refractivity contribution in [2.45, 2.75) is 32.4 Å². The van der Waals surface area contributed by atoms with Crippen molar-refractivity contribution >= 4 is 27.8 Å². The predicted octanol–water partition coefficient (Wildman–Crippen LogP) is 2.64. The van der Waals surface area contributed by atoms with Gasteiger partial charge in [0.15, 0.2) is 18.1 Å². The van der Waals surface area contributed by atoms with Gasteiger partial charge in [0, 0.05) is 42.8 Å². The Balaban J connectivity index is 1.33. The van der Waals surface area contributed by atoms with Crippen LogP contribution >= 0.6 is 15.9 Å². The number of esters is 1. The molecule has 0 radical (unpaired) electrons. The van der Waals surface area contributed by atoms with Crippen LogP contribution in [-0.2, 0) is 16.1 Å². The fourth-order valence-electron chi connectivity index (χ4n) is 3.27. The molecule has 0 unspecified atom stereocenters. The van der Waals surface area contributed by atoms with Crippen LogP contribution in [0.5, 0.6) is 5.75 Å². The number of ether oxygens (including phenoxy) is 2. The lowest BCUT2D eigenvalue weighted by Crippen LogP contribution is -2.39. The lowest BCUT2D eigenvalue weighted by molar-refractivity contribution is -0.144. The van der Waals surface area contributed by atoms with E-state index >= 15 is 0 Å². The maximum absolute atomic E-state index is 13.9. The zero-order valence-corrected chi connectivity index (χ0v) is 18.9. The van der Waals surface area contributed by atoms with Gasteiger partial charge in [-0.2, -0.15) is 4.80 Å². The number of carbonyl (C=O) groups excluding carboxylic acids is 1. The number of halogens is 2. The maximum atomic E-state index is 13.9. The minimum Gasteiger partial charge on any atom is -0.487 e. The number of hydrogen-bond donors (Lipinski definition) is 0. The maximum Gasteiger partial charge on any atom is 0.329 e. The molecular formula is C20H21BrFN7O3. The average Bonchev–Trinajstić information content (AvgIpc) is 3.25. The van der Waals surface area contributed by atoms with Crippen LogP contribution in [0.4, 0.5) is 10.3 Å². The summed E-state index contributed by atoms with van der Waals surface area (Å²) in [5, 5.41) is 11.9. The summed E-state index contributed by atoms with van der Waals surface area (Å²) < 4.78 is 25.4. The number of tetrazole rings is 1. The highest BCUT2D eigenvalue weighted by Crippen LogP contribution is 2.26. The first kappa shape index (κ1) is 22.1. The van der Waals surface area contributed by atoms with E-state index < -0.39 is 5.97 Å². The largest absolute Gasteiger partial charge is 0.487 e. The normalized spacial score (nSPS) is 14.4. The van der Waals surface area contributed by atoms with Crippen molar-refractivity contribution < 1.29 is 18.7 Å². The Hall–Kier alpha value is -3.15. The van der Waals surface area contributed by atoms with Crippen molar-refractivity contribution in [3.63, 3.8) is 0 Å². The number of rotatable bonds is 7. The molecule has 0 spiro atoms. The Morgan fingerprint density at radius 3 is 2.72 bits per heavy atom. The second-order valence-electron chi connectivity index (χ2n) is 7.10. The summed E-state index contributed by atoms with van der Waals surface area (Å²) in [6.07, 6.45) is 4.61. The van der Waals surface area contributed by atoms with Crippen molar-refractivity contribution in [1.29, 1.82) is 0 Å². The fraction of sp³-hybridized carbons (Fsp3) is 0.400. The summed E-state index contributed by atoms with van der Waals surface area (Å²) in [5.74, 6) is 0.353. The molecule has 1 aliphatic rings. The summed E-state index contributed by atoms with van der Waals surface area (Å²) in [6.45, 7) is 3.29. The number of benzene rings is 1. The molecule has 2 aromatic heterocycles. The molecule has 32 heavy (non-hydrogen) atoms. The van der Waals surface area contributed by atoms with Crippen molar-refractivity contribution in [3.05, 3.63) is 40.9 Å². The van der Waals surface area contributed by atoms with Gasteiger partial charge in [0.1, 0.15) is 6.10 Å². The van der Waals surface area contributed by atoms with E-state index in [9.17, 15) is 9.18 Å². The van der Waals surface area contributed by atoms with Crippen molar-refractivity contribution in [1.82, 2.24) is 30.2 Å². The van der Waals surface area contributed by atoms with Crippen LogP contribution in [0.2, 0.25) is 0 Å². The lowest BCUT2D eigenvalue weighted by atomic mass is 10.1. The smallest absolute Gasteiger partial charge is 0.329 e. The lowest BCUT2D eigenvalue weighted by Gasteiger charge is -2.32. The van der Waals surface area contributed by atoms with Gasteiger partial charge in [-0.05, 0) is 30.3 Å². The number of aromatic nitrogens is 6. The van der Waals surface area contributed by atoms with Gasteiger partial charge in [-0.25, -0.2) is 19.2 Å². The third kappa shape index (κ3) is 5.36. The number of hydrogen-bond acceptors (Lipinski definition) is 9. The zero-order chi connectivity index (χ0) is 22.5. The van der Waals surface area contributed by atoms with Gasteiger partial charge in [-0.15, -0.1) is 10.2 Å². The molecule has 3 heterocycles. The Labute approximate surface area is 191 Å². The molecule has 0 saturated carbocycles. The predicted molar refractivity (Wildman–Crippen MR) is 115 cm³/mol. The Bertz CT molecular complexity index is 1070. The Morgan fingerprint density at radius 1 is 1.25 bits per heavy atom. The molecule has 3 aromatic rings. The first-order chi connectivity index (χ1) is 15.5. The van der Waals surface area contributed by atoms with E-state index in [0.29, 0.717) is 37.0 Å². The zero-order valence-electron chi connectivity index (χ0n) is 17.3. The fourth-order valence-corrected chi connectivity index (χ4v) is 3.61. The number of piperidine rings is 1. The van der Waals surface area contributed by atoms with E-state index in [1.807, 2.05) is 4.90 Å². The average molecular weight is 506 g/mol. The second-order valence-corrected chi connectivity index (χ2v) is 8.01. The monoisotopic (exact) mass is 505 g/mol. The van der Waals surface area contributed by atoms with Gasteiger partial charge in [0.2, 0.25) is 11.8 Å². The summed E-state index contributed by atoms with van der Waals surface area (Å²) in [4.78, 5) is 23.6. The molecule has 1 fully saturated rings. The summed E-state index contributed by atoms with van der Waals surface area (Å²) in [5.41, 5.74) is 0.590. The first-order valence-electron chi connectivity index (χ1n) is 10.1. The second kappa shape index (κ2) is 9.98. The minimum atomic E-state index is -0.432. The summed E-state index contributed by atoms with van der Waals surface area (Å²) >= 11 is 3.34. The van der Waals surface area contributed by atoms with Crippen LogP contribution < -0.4 is 9.64 Å². The SMILES string of the molecule is CCOC(=O)Cn1nnc(-c2cnc(N3CCC(Oc4cc(Br)ccc4F)CC3)nc2)n1. The van der Waals surface area contributed by atoms with Gasteiger partial charge < -0.3 is 14.4 Å². The molecule has 0 N–H and O–H groups in total. The molecule has 0 atom stereocenters. The van der Waals surface area contributed by atoms with Crippen LogP contribution in [0.15, 0.2) is 35.1 Å². The van der Waals surface area contributed by atoms with E-state index in [-0.39, 0.29) is 24.2 Å². The third-order valence-electron chi connectivity index (χ3n) is 4.84. The van der Waals surface area contributed by atoms with Crippen LogP contribution in [0.3, 0.4) is 0 Å². The molecule has 0 amide bonds. The highest BCUT2D eigenvalue weighted by molar-refractivity contribution is 9.10. The first-order valence-corrected chi connectivity index (χ1v) is 10.9. The highest BCUT2D eigenvalue weighted by atomic mass is 79.9. The van der Waals surface area contributed by atoms with Crippen molar-refractivity contribution in [3.8, 4) is 17.1 Å². The molecule has 0 bridgehead atoms. The van der Waals surface area contributed by atoms with Gasteiger partial charge in [0.05, 0.1) is 12.2 Å². The van der Waals surface area contributed by atoms with E-state index in [1.54, 1.807) is 31.5 Å². The number of nitrogens with zero attached hydrogens (tertiary/aromatic N) is 7. The number of anilines is 1. The van der Waals surface area contributed by atoms with Gasteiger partial charge in [-0.1, -0.05) is 15.9 Å². The van der Waals surface area contributed by atoms with E-state index in [0.717, 1.165) is 17.3 Å². The van der Waals surface area contributed by atoms with Crippen LogP contribution in [-0.4, -0.2) is 61.9 Å². The molecular weight excluding hydrogens is 485 g/mol. The third-order valence-corrected chi connectivity index (χ3v) is 5.33. The van der Waals surface area contributed by atoms with Gasteiger partial charge in [-0.3, -0.25) is 0 Å². The van der Waals surface area contributed by atoms with Crippen molar-refractivity contribution in [2.24, 2.45) is 0 Å². The molecule has 12 heteroatoms. The molecule has 1 aromatic carbocycles. The summed E-state index contributed by atoms with van der Waals surface area (Å²) in [6, 6.07) is 4.66. The molecule has 10 nitrogen and oxygen atoms in total. The minimum absolute atomic E-state index is 0.0760. The van der Waals surface area contributed by atoms with Gasteiger partial charge in [0.25, 0.3) is 0 Å². The molecule has 1 aliphatic heterocycles. The van der Waals surface area contributed by atoms with Crippen LogP contribution in [0.25, 0.3) is 11.4 Å². The van der Waals surface area contributed by atoms with Crippen LogP contribution in [0.1, 0.15) is 19.8 Å². The molecule has 1 saturated heterocycles. The Kier molecular flexibility index (Phi) is 6.88. The van der Waals surface area contributed by atoms with Crippen molar-refractivity contribution in [2.75, 3.05) is 24.6 Å². The topological polar surface area (TPSA) is 108 Å². The van der Waals surface area contributed by atoms with Gasteiger partial charge >= 0.3 is 5.97 Å². The molecule has 168 valence electrons. The Morgan fingerprint density at radius 2 is 2.00 bits per heavy atom. The van der Waals surface area contributed by atoms with E-state index in [2.05, 4.69) is 41.3 Å². The van der Waals surface area contributed by atoms with Crippen LogP contribution in [0, 0.1) is 5.82 Å².